The van der Waals surface area contributed by atoms with Crippen LogP contribution in [0.3, 0.4) is 0 Å². The molecule has 2 rings (SSSR count). The molecule has 1 aromatic heterocycles. The zero-order valence-electron chi connectivity index (χ0n) is 11.9. The minimum absolute atomic E-state index is 0.0283. The van der Waals surface area contributed by atoms with Crippen LogP contribution in [-0.2, 0) is 12.8 Å². The third kappa shape index (κ3) is 3.13. The number of hydrogen-bond acceptors (Lipinski definition) is 2. The summed E-state index contributed by atoms with van der Waals surface area (Å²) in [5.41, 5.74) is 4.44. The van der Waals surface area contributed by atoms with Gasteiger partial charge in [0.1, 0.15) is 0 Å². The number of benzene rings is 1. The molecule has 0 radical (unpaired) electrons. The summed E-state index contributed by atoms with van der Waals surface area (Å²) in [6, 6.07) is 8.12. The first kappa shape index (κ1) is 15.3. The molecule has 0 saturated carbocycles. The van der Waals surface area contributed by atoms with Crippen LogP contribution >= 0.6 is 27.3 Å². The second-order valence-electron chi connectivity index (χ2n) is 4.68. The molecule has 1 heterocycles. The van der Waals surface area contributed by atoms with Gasteiger partial charge in [-0.2, -0.15) is 0 Å². The predicted molar refractivity (Wildman–Crippen MR) is 89.9 cm³/mol. The fourth-order valence-corrected chi connectivity index (χ4v) is 3.58. The van der Waals surface area contributed by atoms with Gasteiger partial charge in [0.25, 0.3) is 5.91 Å². The van der Waals surface area contributed by atoms with Crippen molar-refractivity contribution in [2.75, 3.05) is 5.32 Å². The first-order chi connectivity index (χ1) is 9.56. The highest BCUT2D eigenvalue weighted by Gasteiger charge is 2.14. The molecule has 1 N–H and O–H groups in total. The predicted octanol–water partition coefficient (Wildman–Crippen LogP) is 5.20. The van der Waals surface area contributed by atoms with Crippen LogP contribution in [0.15, 0.2) is 28.1 Å². The number of nitrogens with one attached hydrogen (secondary N) is 1. The Morgan fingerprint density at radius 2 is 1.85 bits per heavy atom. The fourth-order valence-electron chi connectivity index (χ4n) is 2.15. The summed E-state index contributed by atoms with van der Waals surface area (Å²) in [4.78, 5) is 13.1. The van der Waals surface area contributed by atoms with Crippen LogP contribution in [0.25, 0.3) is 0 Å². The summed E-state index contributed by atoms with van der Waals surface area (Å²) in [6.07, 6.45) is 1.83. The molecule has 106 valence electrons. The molecule has 0 aliphatic rings. The van der Waals surface area contributed by atoms with E-state index in [1.165, 1.54) is 22.5 Å². The standard InChI is InChI=1S/C16H18BrNOS/c1-4-11-7-6-8-12(5-2)14(11)18-16(19)13-9-10(3)15(17)20-13/h6-9H,4-5H2,1-3H3,(H,18,19). The Morgan fingerprint density at radius 3 is 2.30 bits per heavy atom. The molecule has 20 heavy (non-hydrogen) atoms. The molecule has 0 saturated heterocycles. The van der Waals surface area contributed by atoms with E-state index in [0.717, 1.165) is 32.8 Å². The van der Waals surface area contributed by atoms with E-state index in [4.69, 9.17) is 0 Å². The highest BCUT2D eigenvalue weighted by atomic mass is 79.9. The van der Waals surface area contributed by atoms with Crippen molar-refractivity contribution in [2.45, 2.75) is 33.6 Å². The monoisotopic (exact) mass is 351 g/mol. The van der Waals surface area contributed by atoms with Gasteiger partial charge in [0.2, 0.25) is 0 Å². The van der Waals surface area contributed by atoms with E-state index >= 15 is 0 Å². The Hall–Kier alpha value is -1.13. The summed E-state index contributed by atoms with van der Waals surface area (Å²) in [6.45, 7) is 6.21. The second kappa shape index (κ2) is 6.55. The number of halogens is 1. The van der Waals surface area contributed by atoms with E-state index in [-0.39, 0.29) is 5.91 Å². The summed E-state index contributed by atoms with van der Waals surface area (Å²) in [7, 11) is 0. The number of aryl methyl sites for hydroxylation is 3. The number of thiophene rings is 1. The van der Waals surface area contributed by atoms with Crippen LogP contribution in [0.4, 0.5) is 5.69 Å². The van der Waals surface area contributed by atoms with Gasteiger partial charge in [-0.3, -0.25) is 4.79 Å². The Bertz CT molecular complexity index is 592. The highest BCUT2D eigenvalue weighted by Crippen LogP contribution is 2.29. The number of para-hydroxylation sites is 1. The first-order valence-corrected chi connectivity index (χ1v) is 8.35. The third-order valence-electron chi connectivity index (χ3n) is 3.32. The van der Waals surface area contributed by atoms with Crippen molar-refractivity contribution in [2.24, 2.45) is 0 Å². The van der Waals surface area contributed by atoms with E-state index < -0.39 is 0 Å². The van der Waals surface area contributed by atoms with Gasteiger partial charge < -0.3 is 5.32 Å². The SMILES string of the molecule is CCc1cccc(CC)c1NC(=O)c1cc(C)c(Br)s1. The van der Waals surface area contributed by atoms with Gasteiger partial charge in [-0.15, -0.1) is 11.3 Å². The lowest BCUT2D eigenvalue weighted by Crippen LogP contribution is -2.13. The van der Waals surface area contributed by atoms with Gasteiger partial charge in [-0.25, -0.2) is 0 Å². The summed E-state index contributed by atoms with van der Waals surface area (Å²) >= 11 is 4.94. The maximum atomic E-state index is 12.4. The topological polar surface area (TPSA) is 29.1 Å². The fraction of sp³-hybridized carbons (Fsp3) is 0.312. The quantitative estimate of drug-likeness (QED) is 0.805. The largest absolute Gasteiger partial charge is 0.321 e. The lowest BCUT2D eigenvalue weighted by Gasteiger charge is -2.13. The van der Waals surface area contributed by atoms with Crippen molar-refractivity contribution in [1.29, 1.82) is 0 Å². The van der Waals surface area contributed by atoms with Crippen LogP contribution in [0.2, 0.25) is 0 Å². The van der Waals surface area contributed by atoms with Crippen LogP contribution in [0.1, 0.15) is 40.2 Å². The van der Waals surface area contributed by atoms with E-state index in [1.807, 2.05) is 13.0 Å². The highest BCUT2D eigenvalue weighted by molar-refractivity contribution is 9.11. The molecule has 0 unspecified atom stereocenters. The van der Waals surface area contributed by atoms with Crippen molar-refractivity contribution in [1.82, 2.24) is 0 Å². The maximum Gasteiger partial charge on any atom is 0.265 e. The maximum absolute atomic E-state index is 12.4. The smallest absolute Gasteiger partial charge is 0.265 e. The molecule has 1 amide bonds. The molecule has 0 atom stereocenters. The average molecular weight is 352 g/mol. The number of anilines is 1. The molecule has 0 aliphatic heterocycles. The Morgan fingerprint density at radius 1 is 1.25 bits per heavy atom. The average Bonchev–Trinajstić information content (AvgIpc) is 2.79. The van der Waals surface area contributed by atoms with Gasteiger partial charge >= 0.3 is 0 Å². The van der Waals surface area contributed by atoms with Crippen molar-refractivity contribution < 1.29 is 4.79 Å². The number of hydrogen-bond donors (Lipinski definition) is 1. The number of rotatable bonds is 4. The van der Waals surface area contributed by atoms with Gasteiger partial charge in [0.05, 0.1) is 8.66 Å². The number of carbonyl (C=O) groups is 1. The number of carbonyl (C=O) groups excluding carboxylic acids is 1. The molecule has 0 bridgehead atoms. The Balaban J connectivity index is 2.31. The number of amides is 1. The van der Waals surface area contributed by atoms with E-state index in [1.54, 1.807) is 0 Å². The summed E-state index contributed by atoms with van der Waals surface area (Å²) < 4.78 is 1.02. The zero-order chi connectivity index (χ0) is 14.7. The van der Waals surface area contributed by atoms with E-state index in [9.17, 15) is 4.79 Å². The van der Waals surface area contributed by atoms with Crippen LogP contribution in [-0.4, -0.2) is 5.91 Å². The van der Waals surface area contributed by atoms with Crippen LogP contribution < -0.4 is 5.32 Å². The normalized spacial score (nSPS) is 10.6. The van der Waals surface area contributed by atoms with Gasteiger partial charge in [-0.05, 0) is 58.5 Å². The molecular formula is C16H18BrNOS. The summed E-state index contributed by atoms with van der Waals surface area (Å²) in [5.74, 6) is -0.0283. The van der Waals surface area contributed by atoms with Crippen molar-refractivity contribution >= 4 is 38.9 Å². The first-order valence-electron chi connectivity index (χ1n) is 6.74. The van der Waals surface area contributed by atoms with Crippen LogP contribution in [0.5, 0.6) is 0 Å². The minimum atomic E-state index is -0.0283. The molecule has 2 aromatic rings. The van der Waals surface area contributed by atoms with Gasteiger partial charge in [0.15, 0.2) is 0 Å². The molecule has 0 spiro atoms. The molecule has 1 aromatic carbocycles. The Labute approximate surface area is 132 Å². The molecule has 2 nitrogen and oxygen atoms in total. The second-order valence-corrected chi connectivity index (χ2v) is 7.05. The zero-order valence-corrected chi connectivity index (χ0v) is 14.3. The lowest BCUT2D eigenvalue weighted by atomic mass is 10.0. The van der Waals surface area contributed by atoms with Gasteiger partial charge in [0, 0.05) is 5.69 Å². The third-order valence-corrected chi connectivity index (χ3v) is 5.45. The molecule has 4 heteroatoms. The summed E-state index contributed by atoms with van der Waals surface area (Å²) in [5, 5.41) is 3.09. The van der Waals surface area contributed by atoms with Crippen molar-refractivity contribution in [3.8, 4) is 0 Å². The molecular weight excluding hydrogens is 334 g/mol. The van der Waals surface area contributed by atoms with E-state index in [2.05, 4.69) is 53.3 Å². The Kier molecular flexibility index (Phi) is 5.00. The van der Waals surface area contributed by atoms with Gasteiger partial charge in [-0.1, -0.05) is 32.0 Å². The lowest BCUT2D eigenvalue weighted by molar-refractivity contribution is 0.103. The van der Waals surface area contributed by atoms with E-state index in [0.29, 0.717) is 0 Å². The van der Waals surface area contributed by atoms with Crippen molar-refractivity contribution in [3.63, 3.8) is 0 Å². The van der Waals surface area contributed by atoms with Crippen LogP contribution in [0, 0.1) is 6.92 Å². The molecule has 0 aliphatic carbocycles. The van der Waals surface area contributed by atoms with Crippen molar-refractivity contribution in [3.05, 3.63) is 49.6 Å². The minimum Gasteiger partial charge on any atom is -0.321 e. The molecule has 0 fully saturated rings.